The molecular formula is C12H12BrClFN3. The Bertz CT molecular complexity index is 583. The second-order valence-electron chi connectivity index (χ2n) is 3.95. The Morgan fingerprint density at radius 1 is 1.50 bits per heavy atom. The molecule has 0 aliphatic rings. The molecule has 0 unspecified atom stereocenters. The molecule has 0 atom stereocenters. The lowest BCUT2D eigenvalue weighted by molar-refractivity contribution is 0.628. The van der Waals surface area contributed by atoms with Gasteiger partial charge in [0.25, 0.3) is 0 Å². The van der Waals surface area contributed by atoms with Crippen molar-refractivity contribution in [1.29, 1.82) is 0 Å². The largest absolute Gasteiger partial charge is 0.377 e. The van der Waals surface area contributed by atoms with E-state index in [1.165, 1.54) is 6.07 Å². The molecule has 0 amide bonds. The van der Waals surface area contributed by atoms with Crippen LogP contribution in [0.25, 0.3) is 0 Å². The van der Waals surface area contributed by atoms with Crippen LogP contribution in [0.4, 0.5) is 10.1 Å². The van der Waals surface area contributed by atoms with Crippen molar-refractivity contribution in [2.75, 3.05) is 5.32 Å². The first-order chi connectivity index (χ1) is 8.49. The van der Waals surface area contributed by atoms with Crippen molar-refractivity contribution in [2.45, 2.75) is 13.5 Å². The summed E-state index contributed by atoms with van der Waals surface area (Å²) in [7, 11) is 1.81. The predicted molar refractivity (Wildman–Crippen MR) is 74.4 cm³/mol. The monoisotopic (exact) mass is 331 g/mol. The van der Waals surface area contributed by atoms with Crippen molar-refractivity contribution in [2.24, 2.45) is 7.05 Å². The lowest BCUT2D eigenvalue weighted by Gasteiger charge is -2.08. The van der Waals surface area contributed by atoms with Crippen molar-refractivity contribution < 1.29 is 4.39 Å². The standard InChI is InChI=1S/C12H12BrClFN3/c1-7-12(14)11(18(2)17-7)6-16-10-5-8(13)3-4-9(10)15/h3-5,16H,6H2,1-2H3. The van der Waals surface area contributed by atoms with Crippen LogP contribution in [0, 0.1) is 12.7 Å². The third kappa shape index (κ3) is 2.67. The van der Waals surface area contributed by atoms with E-state index in [0.717, 1.165) is 15.9 Å². The molecule has 1 N–H and O–H groups in total. The molecule has 18 heavy (non-hydrogen) atoms. The number of halogens is 3. The van der Waals surface area contributed by atoms with E-state index in [1.807, 2.05) is 14.0 Å². The molecule has 3 nitrogen and oxygen atoms in total. The van der Waals surface area contributed by atoms with Gasteiger partial charge < -0.3 is 5.32 Å². The van der Waals surface area contributed by atoms with E-state index < -0.39 is 0 Å². The van der Waals surface area contributed by atoms with Gasteiger partial charge in [-0.2, -0.15) is 5.10 Å². The van der Waals surface area contributed by atoms with Gasteiger partial charge in [-0.3, -0.25) is 4.68 Å². The van der Waals surface area contributed by atoms with E-state index in [4.69, 9.17) is 11.6 Å². The van der Waals surface area contributed by atoms with Crippen molar-refractivity contribution in [3.8, 4) is 0 Å². The summed E-state index contributed by atoms with van der Waals surface area (Å²) in [6.07, 6.45) is 0. The average molecular weight is 333 g/mol. The Morgan fingerprint density at radius 2 is 2.22 bits per heavy atom. The molecule has 0 bridgehead atoms. The van der Waals surface area contributed by atoms with Gasteiger partial charge in [0.1, 0.15) is 5.82 Å². The first-order valence-corrected chi connectivity index (χ1v) is 6.53. The number of anilines is 1. The lowest BCUT2D eigenvalue weighted by Crippen LogP contribution is -2.07. The molecule has 0 fully saturated rings. The number of hydrogen-bond donors (Lipinski definition) is 1. The fourth-order valence-corrected chi connectivity index (χ4v) is 2.27. The normalized spacial score (nSPS) is 10.7. The average Bonchev–Trinajstić information content (AvgIpc) is 2.55. The minimum Gasteiger partial charge on any atom is -0.377 e. The maximum Gasteiger partial charge on any atom is 0.146 e. The summed E-state index contributed by atoms with van der Waals surface area (Å²) in [4.78, 5) is 0. The molecule has 2 aromatic rings. The first kappa shape index (κ1) is 13.4. The minimum absolute atomic E-state index is 0.298. The molecule has 0 saturated carbocycles. The fourth-order valence-electron chi connectivity index (χ4n) is 1.68. The summed E-state index contributed by atoms with van der Waals surface area (Å²) in [5.41, 5.74) is 2.03. The number of rotatable bonds is 3. The molecule has 0 spiro atoms. The SMILES string of the molecule is Cc1nn(C)c(CNc2cc(Br)ccc2F)c1Cl. The van der Waals surface area contributed by atoms with Crippen molar-refractivity contribution >= 4 is 33.2 Å². The van der Waals surface area contributed by atoms with Crippen LogP contribution < -0.4 is 5.32 Å². The number of benzene rings is 1. The summed E-state index contributed by atoms with van der Waals surface area (Å²) in [6, 6.07) is 4.75. The predicted octanol–water partition coefficient (Wildman–Crippen LogP) is 3.90. The molecule has 0 aliphatic heterocycles. The quantitative estimate of drug-likeness (QED) is 0.924. The highest BCUT2D eigenvalue weighted by Gasteiger charge is 2.11. The lowest BCUT2D eigenvalue weighted by atomic mass is 10.3. The number of nitrogens with one attached hydrogen (secondary N) is 1. The van der Waals surface area contributed by atoms with E-state index in [0.29, 0.717) is 17.3 Å². The fraction of sp³-hybridized carbons (Fsp3) is 0.250. The Balaban J connectivity index is 2.19. The maximum atomic E-state index is 13.5. The Kier molecular flexibility index (Phi) is 3.92. The summed E-state index contributed by atoms with van der Waals surface area (Å²) < 4.78 is 16.1. The minimum atomic E-state index is -0.298. The van der Waals surface area contributed by atoms with E-state index in [2.05, 4.69) is 26.3 Å². The van der Waals surface area contributed by atoms with Crippen LogP contribution in [0.5, 0.6) is 0 Å². The molecule has 0 aliphatic carbocycles. The zero-order chi connectivity index (χ0) is 13.3. The highest BCUT2D eigenvalue weighted by molar-refractivity contribution is 9.10. The van der Waals surface area contributed by atoms with Gasteiger partial charge in [0.15, 0.2) is 0 Å². The summed E-state index contributed by atoms with van der Waals surface area (Å²) >= 11 is 9.43. The zero-order valence-electron chi connectivity index (χ0n) is 9.97. The summed E-state index contributed by atoms with van der Waals surface area (Å²) in [6.45, 7) is 2.26. The van der Waals surface area contributed by atoms with Gasteiger partial charge in [0.2, 0.25) is 0 Å². The molecule has 96 valence electrons. The number of hydrogen-bond acceptors (Lipinski definition) is 2. The molecule has 0 radical (unpaired) electrons. The maximum absolute atomic E-state index is 13.5. The van der Waals surface area contributed by atoms with Crippen LogP contribution in [-0.4, -0.2) is 9.78 Å². The summed E-state index contributed by atoms with van der Waals surface area (Å²) in [5.74, 6) is -0.298. The first-order valence-electron chi connectivity index (χ1n) is 5.36. The van der Waals surface area contributed by atoms with Crippen LogP contribution in [0.3, 0.4) is 0 Å². The highest BCUT2D eigenvalue weighted by atomic mass is 79.9. The molecule has 6 heteroatoms. The van der Waals surface area contributed by atoms with Gasteiger partial charge in [-0.05, 0) is 25.1 Å². The molecule has 2 rings (SSSR count). The highest BCUT2D eigenvalue weighted by Crippen LogP contribution is 2.23. The summed E-state index contributed by atoms with van der Waals surface area (Å²) in [5, 5.41) is 7.83. The molecular weight excluding hydrogens is 321 g/mol. The smallest absolute Gasteiger partial charge is 0.146 e. The van der Waals surface area contributed by atoms with Crippen LogP contribution in [-0.2, 0) is 13.6 Å². The third-order valence-corrected chi connectivity index (χ3v) is 3.62. The molecule has 1 heterocycles. The number of aryl methyl sites for hydroxylation is 2. The Morgan fingerprint density at radius 3 is 2.83 bits per heavy atom. The molecule has 1 aromatic carbocycles. The van der Waals surface area contributed by atoms with Gasteiger partial charge in [-0.1, -0.05) is 27.5 Å². The van der Waals surface area contributed by atoms with Crippen molar-refractivity contribution in [3.63, 3.8) is 0 Å². The topological polar surface area (TPSA) is 29.9 Å². The van der Waals surface area contributed by atoms with E-state index in [-0.39, 0.29) is 5.82 Å². The van der Waals surface area contributed by atoms with Crippen LogP contribution in [0.1, 0.15) is 11.4 Å². The van der Waals surface area contributed by atoms with Gasteiger partial charge in [0.05, 0.1) is 28.6 Å². The van der Waals surface area contributed by atoms with E-state index >= 15 is 0 Å². The van der Waals surface area contributed by atoms with Gasteiger partial charge in [-0.15, -0.1) is 0 Å². The van der Waals surface area contributed by atoms with Gasteiger partial charge >= 0.3 is 0 Å². The number of aromatic nitrogens is 2. The zero-order valence-corrected chi connectivity index (χ0v) is 12.3. The molecule has 1 aromatic heterocycles. The number of nitrogens with zero attached hydrogens (tertiary/aromatic N) is 2. The van der Waals surface area contributed by atoms with Crippen molar-refractivity contribution in [3.05, 3.63) is 44.9 Å². The van der Waals surface area contributed by atoms with Gasteiger partial charge in [0, 0.05) is 11.5 Å². The van der Waals surface area contributed by atoms with Crippen LogP contribution >= 0.6 is 27.5 Å². The van der Waals surface area contributed by atoms with Crippen LogP contribution in [0.2, 0.25) is 5.02 Å². The van der Waals surface area contributed by atoms with Crippen molar-refractivity contribution in [1.82, 2.24) is 9.78 Å². The third-order valence-electron chi connectivity index (χ3n) is 2.64. The second kappa shape index (κ2) is 5.28. The molecule has 0 saturated heterocycles. The van der Waals surface area contributed by atoms with E-state index in [1.54, 1.807) is 16.8 Å². The van der Waals surface area contributed by atoms with Gasteiger partial charge in [-0.25, -0.2) is 4.39 Å². The Labute approximate surface area is 118 Å². The van der Waals surface area contributed by atoms with Crippen LogP contribution in [0.15, 0.2) is 22.7 Å². The second-order valence-corrected chi connectivity index (χ2v) is 5.24. The van der Waals surface area contributed by atoms with E-state index in [9.17, 15) is 4.39 Å². The Hall–Kier alpha value is -1.07.